The Labute approximate surface area is 164 Å². The first-order chi connectivity index (χ1) is 14.2. The van der Waals surface area contributed by atoms with Gasteiger partial charge in [-0.2, -0.15) is 0 Å². The fourth-order valence-electron chi connectivity index (χ4n) is 4.10. The third-order valence-electron chi connectivity index (χ3n) is 5.41. The fourth-order valence-corrected chi connectivity index (χ4v) is 4.10. The Morgan fingerprint density at radius 2 is 1.45 bits per heavy atom. The summed E-state index contributed by atoms with van der Waals surface area (Å²) in [5, 5.41) is 13.7. The molecule has 0 radical (unpaired) electrons. The van der Waals surface area contributed by atoms with Crippen molar-refractivity contribution < 1.29 is 13.9 Å². The SMILES string of the molecule is O=c1oc2cc(-c3cccc4oc5ccccc5c34)ccc2c2ccc(O)cc12. The van der Waals surface area contributed by atoms with Gasteiger partial charge < -0.3 is 13.9 Å². The zero-order valence-electron chi connectivity index (χ0n) is 15.2. The summed E-state index contributed by atoms with van der Waals surface area (Å²) in [6, 6.07) is 24.5. The highest BCUT2D eigenvalue weighted by atomic mass is 16.4. The van der Waals surface area contributed by atoms with Crippen LogP contribution in [-0.2, 0) is 0 Å². The molecule has 2 aromatic heterocycles. The summed E-state index contributed by atoms with van der Waals surface area (Å²) in [6.07, 6.45) is 0. The van der Waals surface area contributed by atoms with Gasteiger partial charge >= 0.3 is 5.63 Å². The average molecular weight is 378 g/mol. The maximum absolute atomic E-state index is 12.4. The maximum atomic E-state index is 12.4. The molecule has 0 aliphatic carbocycles. The van der Waals surface area contributed by atoms with Crippen LogP contribution in [-0.4, -0.2) is 5.11 Å². The molecule has 0 atom stereocenters. The summed E-state index contributed by atoms with van der Waals surface area (Å²) in [7, 11) is 0. The van der Waals surface area contributed by atoms with E-state index in [0.29, 0.717) is 11.0 Å². The molecule has 0 amide bonds. The zero-order valence-corrected chi connectivity index (χ0v) is 15.2. The Bertz CT molecular complexity index is 1640. The van der Waals surface area contributed by atoms with Crippen LogP contribution in [0.3, 0.4) is 0 Å². The lowest BCUT2D eigenvalue weighted by atomic mass is 9.97. The first-order valence-corrected chi connectivity index (χ1v) is 9.29. The molecule has 29 heavy (non-hydrogen) atoms. The average Bonchev–Trinajstić information content (AvgIpc) is 3.12. The van der Waals surface area contributed by atoms with Gasteiger partial charge in [-0.3, -0.25) is 0 Å². The molecule has 0 saturated heterocycles. The molecule has 0 fully saturated rings. The summed E-state index contributed by atoms with van der Waals surface area (Å²) in [5.41, 5.74) is 3.66. The molecule has 0 saturated carbocycles. The number of para-hydroxylation sites is 1. The topological polar surface area (TPSA) is 63.6 Å². The molecule has 6 aromatic rings. The smallest absolute Gasteiger partial charge is 0.344 e. The molecule has 0 unspecified atom stereocenters. The van der Waals surface area contributed by atoms with E-state index in [0.717, 1.165) is 43.8 Å². The summed E-state index contributed by atoms with van der Waals surface area (Å²) in [4.78, 5) is 12.4. The van der Waals surface area contributed by atoms with Crippen LogP contribution in [0.15, 0.2) is 92.5 Å². The second-order valence-corrected chi connectivity index (χ2v) is 7.11. The molecule has 4 nitrogen and oxygen atoms in total. The monoisotopic (exact) mass is 378 g/mol. The van der Waals surface area contributed by atoms with E-state index in [1.165, 1.54) is 6.07 Å². The lowest BCUT2D eigenvalue weighted by molar-refractivity contribution is 0.475. The highest BCUT2D eigenvalue weighted by Crippen LogP contribution is 2.37. The lowest BCUT2D eigenvalue weighted by Crippen LogP contribution is -1.99. The minimum Gasteiger partial charge on any atom is -0.508 e. The summed E-state index contributed by atoms with van der Waals surface area (Å²) in [6.45, 7) is 0. The summed E-state index contributed by atoms with van der Waals surface area (Å²) < 4.78 is 11.6. The van der Waals surface area contributed by atoms with Gasteiger partial charge in [0, 0.05) is 21.5 Å². The lowest BCUT2D eigenvalue weighted by Gasteiger charge is -2.07. The van der Waals surface area contributed by atoms with Crippen molar-refractivity contribution in [3.05, 3.63) is 89.3 Å². The molecule has 0 aliphatic heterocycles. The first kappa shape index (κ1) is 16.0. The fraction of sp³-hybridized carbons (Fsp3) is 0. The highest BCUT2D eigenvalue weighted by Gasteiger charge is 2.14. The van der Waals surface area contributed by atoms with Gasteiger partial charge in [-0.25, -0.2) is 4.79 Å². The Morgan fingerprint density at radius 3 is 2.38 bits per heavy atom. The number of aromatic hydroxyl groups is 1. The van der Waals surface area contributed by atoms with Crippen LogP contribution in [0.4, 0.5) is 0 Å². The number of hydrogen-bond donors (Lipinski definition) is 1. The Morgan fingerprint density at radius 1 is 0.621 bits per heavy atom. The van der Waals surface area contributed by atoms with Crippen molar-refractivity contribution in [2.24, 2.45) is 0 Å². The molecule has 0 bridgehead atoms. The van der Waals surface area contributed by atoms with E-state index in [4.69, 9.17) is 8.83 Å². The van der Waals surface area contributed by atoms with Crippen LogP contribution in [0.2, 0.25) is 0 Å². The molecular weight excluding hydrogens is 364 g/mol. The van der Waals surface area contributed by atoms with E-state index in [9.17, 15) is 9.90 Å². The van der Waals surface area contributed by atoms with E-state index in [2.05, 4.69) is 0 Å². The molecule has 4 heteroatoms. The molecule has 4 aromatic carbocycles. The van der Waals surface area contributed by atoms with Crippen LogP contribution in [0.25, 0.3) is 54.8 Å². The molecule has 2 heterocycles. The van der Waals surface area contributed by atoms with E-state index in [-0.39, 0.29) is 5.75 Å². The van der Waals surface area contributed by atoms with Gasteiger partial charge in [0.1, 0.15) is 22.5 Å². The van der Waals surface area contributed by atoms with Gasteiger partial charge in [0.25, 0.3) is 0 Å². The van der Waals surface area contributed by atoms with Gasteiger partial charge in [0.15, 0.2) is 0 Å². The minimum atomic E-state index is -0.465. The highest BCUT2D eigenvalue weighted by molar-refractivity contribution is 6.13. The number of rotatable bonds is 1. The van der Waals surface area contributed by atoms with Crippen LogP contribution in [0.1, 0.15) is 0 Å². The first-order valence-electron chi connectivity index (χ1n) is 9.29. The normalized spacial score (nSPS) is 11.7. The van der Waals surface area contributed by atoms with Crippen molar-refractivity contribution in [1.82, 2.24) is 0 Å². The number of phenols is 1. The van der Waals surface area contributed by atoms with Gasteiger partial charge in [-0.15, -0.1) is 0 Å². The quantitative estimate of drug-likeness (QED) is 0.273. The van der Waals surface area contributed by atoms with Crippen LogP contribution < -0.4 is 5.63 Å². The number of phenolic OH excluding ortho intramolecular Hbond substituents is 1. The van der Waals surface area contributed by atoms with E-state index in [1.807, 2.05) is 60.7 Å². The van der Waals surface area contributed by atoms with E-state index in [1.54, 1.807) is 12.1 Å². The largest absolute Gasteiger partial charge is 0.508 e. The Balaban J connectivity index is 1.68. The van der Waals surface area contributed by atoms with E-state index < -0.39 is 5.63 Å². The number of benzene rings is 4. The van der Waals surface area contributed by atoms with Gasteiger partial charge in [-0.1, -0.05) is 36.4 Å². The van der Waals surface area contributed by atoms with Gasteiger partial charge in [0.2, 0.25) is 0 Å². The summed E-state index contributed by atoms with van der Waals surface area (Å²) in [5.74, 6) is 0.0410. The van der Waals surface area contributed by atoms with Crippen molar-refractivity contribution in [2.75, 3.05) is 0 Å². The van der Waals surface area contributed by atoms with Crippen LogP contribution in [0.5, 0.6) is 5.75 Å². The third-order valence-corrected chi connectivity index (χ3v) is 5.41. The van der Waals surface area contributed by atoms with Crippen molar-refractivity contribution in [3.8, 4) is 16.9 Å². The van der Waals surface area contributed by atoms with Crippen LogP contribution in [0, 0.1) is 0 Å². The van der Waals surface area contributed by atoms with Crippen molar-refractivity contribution >= 4 is 43.7 Å². The third kappa shape index (κ3) is 2.29. The second kappa shape index (κ2) is 5.72. The molecule has 0 spiro atoms. The van der Waals surface area contributed by atoms with Crippen molar-refractivity contribution in [2.45, 2.75) is 0 Å². The molecule has 138 valence electrons. The Kier molecular flexibility index (Phi) is 3.15. The van der Waals surface area contributed by atoms with E-state index >= 15 is 0 Å². The second-order valence-electron chi connectivity index (χ2n) is 7.11. The van der Waals surface area contributed by atoms with Gasteiger partial charge in [0.05, 0.1) is 5.39 Å². The molecule has 1 N–H and O–H groups in total. The number of furan rings is 1. The minimum absolute atomic E-state index is 0.0410. The Hall–Kier alpha value is -4.05. The number of fused-ring (bicyclic) bond motifs is 6. The zero-order chi connectivity index (χ0) is 19.5. The predicted octanol–water partition coefficient (Wildman–Crippen LogP) is 6.22. The van der Waals surface area contributed by atoms with Crippen LogP contribution >= 0.6 is 0 Å². The molecular formula is C25H14O4. The summed E-state index contributed by atoms with van der Waals surface area (Å²) >= 11 is 0. The van der Waals surface area contributed by atoms with Gasteiger partial charge in [-0.05, 0) is 53.6 Å². The maximum Gasteiger partial charge on any atom is 0.344 e. The van der Waals surface area contributed by atoms with Crippen molar-refractivity contribution in [3.63, 3.8) is 0 Å². The van der Waals surface area contributed by atoms with Crippen molar-refractivity contribution in [1.29, 1.82) is 0 Å². The molecule has 0 aliphatic rings. The number of hydrogen-bond acceptors (Lipinski definition) is 4. The molecule has 6 rings (SSSR count). The standard InChI is InChI=1S/C25H14O4/c26-15-9-11-17-18-10-8-14(12-23(18)29-25(27)20(17)13-15)16-5-3-7-22-24(16)19-4-1-2-6-21(19)28-22/h1-13,26H. The predicted molar refractivity (Wildman–Crippen MR) is 114 cm³/mol.